The molecule has 1 saturated heterocycles. The number of hydrogen-bond acceptors (Lipinski definition) is 2. The largest absolute Gasteiger partial charge is 0.514 e. The van der Waals surface area contributed by atoms with Crippen molar-refractivity contribution >= 4 is 6.09 Å². The Bertz CT molecular complexity index is 260. The molecule has 15 heavy (non-hydrogen) atoms. The monoisotopic (exact) mass is 215 g/mol. The van der Waals surface area contributed by atoms with Gasteiger partial charge in [0, 0.05) is 6.54 Å². The molecule has 88 valence electrons. The van der Waals surface area contributed by atoms with Gasteiger partial charge >= 0.3 is 6.09 Å². The van der Waals surface area contributed by atoms with Crippen LogP contribution < -0.4 is 0 Å². The van der Waals surface area contributed by atoms with E-state index in [4.69, 9.17) is 0 Å². The first kappa shape index (κ1) is 12.5. The van der Waals surface area contributed by atoms with Gasteiger partial charge in [-0.2, -0.15) is 4.79 Å². The Balaban J connectivity index is 3.00. The van der Waals surface area contributed by atoms with Crippen LogP contribution in [0, 0.1) is 0 Å². The van der Waals surface area contributed by atoms with Crippen LogP contribution in [0.2, 0.25) is 0 Å². The molecule has 0 aromatic rings. The summed E-state index contributed by atoms with van der Waals surface area (Å²) in [5, 5.41) is 9.48. The van der Waals surface area contributed by atoms with Crippen LogP contribution in [-0.4, -0.2) is 58.8 Å². The van der Waals surface area contributed by atoms with E-state index in [1.165, 1.54) is 0 Å². The summed E-state index contributed by atoms with van der Waals surface area (Å²) in [6.45, 7) is 10.4. The molecule has 0 saturated carbocycles. The molecule has 1 N–H and O–H groups in total. The zero-order valence-corrected chi connectivity index (χ0v) is 10.4. The lowest BCUT2D eigenvalue weighted by atomic mass is 9.98. The van der Waals surface area contributed by atoms with E-state index in [2.05, 4.69) is 18.9 Å². The highest BCUT2D eigenvalue weighted by atomic mass is 16.4. The smallest absolute Gasteiger partial charge is 0.435 e. The van der Waals surface area contributed by atoms with Crippen molar-refractivity contribution in [3.63, 3.8) is 0 Å². The Morgan fingerprint density at radius 1 is 1.47 bits per heavy atom. The molecular formula is C11H23N2O2+. The second-order valence-corrected chi connectivity index (χ2v) is 5.66. The minimum Gasteiger partial charge on any atom is -0.435 e. The number of hydrogen-bond donors (Lipinski definition) is 1. The first-order valence-corrected chi connectivity index (χ1v) is 5.51. The summed E-state index contributed by atoms with van der Waals surface area (Å²) in [7, 11) is 2.06. The number of carboxylic acid groups (broad SMARTS) is 1. The summed E-state index contributed by atoms with van der Waals surface area (Å²) >= 11 is 0. The van der Waals surface area contributed by atoms with Gasteiger partial charge in [-0.15, -0.1) is 0 Å². The Morgan fingerprint density at radius 2 is 2.00 bits per heavy atom. The van der Waals surface area contributed by atoms with Crippen LogP contribution in [0.5, 0.6) is 0 Å². The maximum atomic E-state index is 11.5. The summed E-state index contributed by atoms with van der Waals surface area (Å²) in [5.41, 5.74) is -0.235. The van der Waals surface area contributed by atoms with E-state index in [1.54, 1.807) is 0 Å². The summed E-state index contributed by atoms with van der Waals surface area (Å²) in [6, 6.07) is 0.328. The lowest BCUT2D eigenvalue weighted by Gasteiger charge is -2.49. The topological polar surface area (TPSA) is 40.5 Å². The molecule has 0 bridgehead atoms. The minimum absolute atomic E-state index is 0.179. The molecule has 1 fully saturated rings. The molecule has 1 aliphatic rings. The SMILES string of the molecule is C[C@H]1C[N+](C(=O)O)(C(C)(C)C)CCN1C. The van der Waals surface area contributed by atoms with Gasteiger partial charge in [0.25, 0.3) is 0 Å². The zero-order chi connectivity index (χ0) is 11.9. The van der Waals surface area contributed by atoms with Crippen LogP contribution in [-0.2, 0) is 0 Å². The van der Waals surface area contributed by atoms with Gasteiger partial charge in [0.05, 0.1) is 6.04 Å². The average molecular weight is 215 g/mol. The fraction of sp³-hybridized carbons (Fsp3) is 0.909. The van der Waals surface area contributed by atoms with Crippen molar-refractivity contribution in [1.29, 1.82) is 0 Å². The quantitative estimate of drug-likeness (QED) is 0.624. The third-order valence-electron chi connectivity index (χ3n) is 3.81. The molecule has 1 amide bonds. The van der Waals surface area contributed by atoms with Crippen molar-refractivity contribution in [3.8, 4) is 0 Å². The number of quaternary nitrogens is 1. The molecule has 1 rings (SSSR count). The predicted molar refractivity (Wildman–Crippen MR) is 59.9 cm³/mol. The fourth-order valence-electron chi connectivity index (χ4n) is 2.30. The van der Waals surface area contributed by atoms with Crippen LogP contribution in [0.25, 0.3) is 0 Å². The number of rotatable bonds is 0. The molecule has 4 nitrogen and oxygen atoms in total. The van der Waals surface area contributed by atoms with Gasteiger partial charge in [-0.05, 0) is 34.7 Å². The Kier molecular flexibility index (Phi) is 3.12. The average Bonchev–Trinajstić information content (AvgIpc) is 2.07. The van der Waals surface area contributed by atoms with Crippen LogP contribution in [0.4, 0.5) is 4.79 Å². The molecule has 0 aliphatic carbocycles. The second-order valence-electron chi connectivity index (χ2n) is 5.66. The summed E-state index contributed by atoms with van der Waals surface area (Å²) in [4.78, 5) is 13.8. The molecule has 0 radical (unpaired) electrons. The Morgan fingerprint density at radius 3 is 2.33 bits per heavy atom. The highest BCUT2D eigenvalue weighted by Gasteiger charge is 2.51. The summed E-state index contributed by atoms with van der Waals surface area (Å²) in [6.07, 6.45) is -0.692. The van der Waals surface area contributed by atoms with Gasteiger partial charge in [0.2, 0.25) is 0 Å². The third-order valence-corrected chi connectivity index (χ3v) is 3.81. The predicted octanol–water partition coefficient (Wildman–Crippen LogP) is 1.61. The normalized spacial score (nSPS) is 34.1. The van der Waals surface area contributed by atoms with E-state index in [-0.39, 0.29) is 10.0 Å². The number of piperazine rings is 1. The standard InChI is InChI=1S/C11H22N2O2/c1-9-8-13(10(14)15,11(2,3)4)7-6-12(9)5/h9H,6-8H2,1-5H3/p+1/t9-,13?/m0/s1. The van der Waals surface area contributed by atoms with Crippen molar-refractivity contribution in [2.24, 2.45) is 0 Å². The number of likely N-dealkylation sites (N-methyl/N-ethyl adjacent to an activating group) is 1. The first-order chi connectivity index (χ1) is 6.71. The maximum absolute atomic E-state index is 11.5. The summed E-state index contributed by atoms with van der Waals surface area (Å²) in [5.74, 6) is 0. The van der Waals surface area contributed by atoms with Gasteiger partial charge < -0.3 is 5.11 Å². The van der Waals surface area contributed by atoms with E-state index >= 15 is 0 Å². The molecule has 2 atom stereocenters. The van der Waals surface area contributed by atoms with E-state index in [0.717, 1.165) is 6.54 Å². The van der Waals surface area contributed by atoms with Gasteiger partial charge in [-0.25, -0.2) is 4.48 Å². The zero-order valence-electron chi connectivity index (χ0n) is 10.4. The van der Waals surface area contributed by atoms with Crippen molar-refractivity contribution in [2.75, 3.05) is 26.7 Å². The van der Waals surface area contributed by atoms with Crippen LogP contribution in [0.3, 0.4) is 0 Å². The number of amides is 1. The second kappa shape index (κ2) is 3.76. The van der Waals surface area contributed by atoms with Crippen LogP contribution in [0.15, 0.2) is 0 Å². The van der Waals surface area contributed by atoms with Crippen molar-refractivity contribution in [1.82, 2.24) is 4.90 Å². The van der Waals surface area contributed by atoms with Gasteiger partial charge in [0.15, 0.2) is 0 Å². The molecule has 1 heterocycles. The number of carbonyl (C=O) groups is 1. The molecule has 1 unspecified atom stereocenters. The van der Waals surface area contributed by atoms with E-state index in [0.29, 0.717) is 19.1 Å². The molecule has 1 aliphatic heterocycles. The fourth-order valence-corrected chi connectivity index (χ4v) is 2.30. The number of nitrogens with zero attached hydrogens (tertiary/aromatic N) is 2. The minimum atomic E-state index is -0.692. The Hall–Kier alpha value is -0.610. The lowest BCUT2D eigenvalue weighted by molar-refractivity contribution is -0.910. The van der Waals surface area contributed by atoms with Crippen LogP contribution >= 0.6 is 0 Å². The third kappa shape index (κ3) is 2.01. The molecule has 0 aromatic heterocycles. The maximum Gasteiger partial charge on any atom is 0.514 e. The van der Waals surface area contributed by atoms with Gasteiger partial charge in [0.1, 0.15) is 18.6 Å². The molecular weight excluding hydrogens is 192 g/mol. The van der Waals surface area contributed by atoms with Crippen molar-refractivity contribution in [2.45, 2.75) is 39.3 Å². The highest BCUT2D eigenvalue weighted by Crippen LogP contribution is 2.29. The van der Waals surface area contributed by atoms with Crippen molar-refractivity contribution < 1.29 is 14.4 Å². The molecule has 0 spiro atoms. The summed E-state index contributed by atoms with van der Waals surface area (Å²) < 4.78 is 0.179. The van der Waals surface area contributed by atoms with Gasteiger partial charge in [-0.1, -0.05) is 0 Å². The van der Waals surface area contributed by atoms with E-state index < -0.39 is 6.09 Å². The van der Waals surface area contributed by atoms with Crippen LogP contribution in [0.1, 0.15) is 27.7 Å². The molecule has 4 heteroatoms. The highest BCUT2D eigenvalue weighted by molar-refractivity contribution is 5.57. The Labute approximate surface area is 92.1 Å². The van der Waals surface area contributed by atoms with Crippen molar-refractivity contribution in [3.05, 3.63) is 0 Å². The van der Waals surface area contributed by atoms with E-state index in [9.17, 15) is 9.90 Å². The lowest BCUT2D eigenvalue weighted by Crippen LogP contribution is -2.71. The van der Waals surface area contributed by atoms with E-state index in [1.807, 2.05) is 20.8 Å². The first-order valence-electron chi connectivity index (χ1n) is 5.51. The molecule has 0 aromatic carbocycles. The van der Waals surface area contributed by atoms with Gasteiger partial charge in [-0.3, -0.25) is 4.90 Å².